The van der Waals surface area contributed by atoms with Gasteiger partial charge in [0, 0.05) is 33.6 Å². The van der Waals surface area contributed by atoms with Gasteiger partial charge in [0.05, 0.1) is 13.2 Å². The summed E-state index contributed by atoms with van der Waals surface area (Å²) in [6.07, 6.45) is 1.21. The van der Waals surface area contributed by atoms with Gasteiger partial charge in [0.2, 0.25) is 0 Å². The third-order valence-electron chi connectivity index (χ3n) is 2.64. The highest BCUT2D eigenvalue weighted by molar-refractivity contribution is 4.65. The van der Waals surface area contributed by atoms with Crippen LogP contribution in [0.15, 0.2) is 0 Å². The van der Waals surface area contributed by atoms with Crippen molar-refractivity contribution in [3.8, 4) is 0 Å². The predicted octanol–water partition coefficient (Wildman–Crippen LogP) is 0.953. The molecule has 0 radical (unpaired) electrons. The first-order chi connectivity index (χ1) is 6.33. The van der Waals surface area contributed by atoms with E-state index in [1.165, 1.54) is 6.42 Å². The van der Waals surface area contributed by atoms with Gasteiger partial charge in [0.1, 0.15) is 0 Å². The van der Waals surface area contributed by atoms with Gasteiger partial charge in [-0.3, -0.25) is 4.90 Å². The molecule has 1 atom stereocenters. The van der Waals surface area contributed by atoms with Crippen molar-refractivity contribution in [2.45, 2.75) is 26.3 Å². The number of nitrogens with one attached hydrogen (secondary N) is 1. The maximum atomic E-state index is 5.29. The van der Waals surface area contributed by atoms with Gasteiger partial charge in [-0.1, -0.05) is 6.92 Å². The second kappa shape index (κ2) is 6.35. The SMILES string of the molecule is CCC(C)NCCN1CCOCC1.[HH]. The van der Waals surface area contributed by atoms with Crippen molar-refractivity contribution in [1.82, 2.24) is 10.2 Å². The van der Waals surface area contributed by atoms with Crippen LogP contribution in [0.3, 0.4) is 0 Å². The van der Waals surface area contributed by atoms with Crippen molar-refractivity contribution >= 4 is 0 Å². The van der Waals surface area contributed by atoms with Crippen molar-refractivity contribution in [2.75, 3.05) is 39.4 Å². The molecule has 1 unspecified atom stereocenters. The molecule has 0 bridgehead atoms. The Balaban J connectivity index is 0.00000169. The fourth-order valence-electron chi connectivity index (χ4n) is 1.44. The number of morpholine rings is 1. The lowest BCUT2D eigenvalue weighted by Crippen LogP contribution is -2.41. The Morgan fingerprint density at radius 1 is 1.46 bits per heavy atom. The van der Waals surface area contributed by atoms with Crippen LogP contribution in [-0.2, 0) is 4.74 Å². The number of hydrogen-bond acceptors (Lipinski definition) is 3. The van der Waals surface area contributed by atoms with E-state index in [9.17, 15) is 0 Å². The molecule has 1 fully saturated rings. The molecule has 0 aromatic heterocycles. The van der Waals surface area contributed by atoms with E-state index in [1.807, 2.05) is 0 Å². The minimum absolute atomic E-state index is 0. The predicted molar refractivity (Wildman–Crippen MR) is 57.1 cm³/mol. The lowest BCUT2D eigenvalue weighted by atomic mass is 10.2. The monoisotopic (exact) mass is 188 g/mol. The molecule has 0 amide bonds. The normalized spacial score (nSPS) is 21.7. The standard InChI is InChI=1S/C10H22N2O.H2/c1-3-10(2)11-4-5-12-6-8-13-9-7-12;/h10-11H,3-9H2,1-2H3;1H. The van der Waals surface area contributed by atoms with E-state index in [1.54, 1.807) is 0 Å². The highest BCUT2D eigenvalue weighted by Crippen LogP contribution is 1.95. The Bertz CT molecular complexity index is 129. The van der Waals surface area contributed by atoms with Gasteiger partial charge in [-0.15, -0.1) is 0 Å². The van der Waals surface area contributed by atoms with Crippen LogP contribution in [0.4, 0.5) is 0 Å². The summed E-state index contributed by atoms with van der Waals surface area (Å²) in [7, 11) is 0. The quantitative estimate of drug-likeness (QED) is 0.695. The van der Waals surface area contributed by atoms with Crippen LogP contribution < -0.4 is 5.32 Å². The Kier molecular flexibility index (Phi) is 5.35. The smallest absolute Gasteiger partial charge is 0.0594 e. The van der Waals surface area contributed by atoms with Crippen LogP contribution in [-0.4, -0.2) is 50.3 Å². The van der Waals surface area contributed by atoms with Gasteiger partial charge >= 0.3 is 0 Å². The molecule has 0 aliphatic carbocycles. The third-order valence-corrected chi connectivity index (χ3v) is 2.64. The van der Waals surface area contributed by atoms with E-state index < -0.39 is 0 Å². The van der Waals surface area contributed by atoms with Gasteiger partial charge in [-0.05, 0) is 13.3 Å². The molecule has 0 aromatic carbocycles. The molecule has 80 valence electrons. The molecule has 1 rings (SSSR count). The largest absolute Gasteiger partial charge is 0.379 e. The van der Waals surface area contributed by atoms with Crippen molar-refractivity contribution < 1.29 is 6.16 Å². The zero-order valence-electron chi connectivity index (χ0n) is 8.88. The molecule has 3 nitrogen and oxygen atoms in total. The van der Waals surface area contributed by atoms with E-state index in [0.717, 1.165) is 39.4 Å². The number of hydrogen-bond donors (Lipinski definition) is 1. The lowest BCUT2D eigenvalue weighted by Gasteiger charge is -2.27. The molecule has 0 spiro atoms. The van der Waals surface area contributed by atoms with E-state index in [4.69, 9.17) is 4.74 Å². The molecule has 1 aliphatic rings. The van der Waals surface area contributed by atoms with Gasteiger partial charge in [-0.25, -0.2) is 0 Å². The molecule has 0 aromatic rings. The summed E-state index contributed by atoms with van der Waals surface area (Å²) < 4.78 is 5.29. The summed E-state index contributed by atoms with van der Waals surface area (Å²) in [5, 5.41) is 3.50. The molecule has 13 heavy (non-hydrogen) atoms. The number of nitrogens with zero attached hydrogens (tertiary/aromatic N) is 1. The van der Waals surface area contributed by atoms with Crippen molar-refractivity contribution in [3.05, 3.63) is 0 Å². The summed E-state index contributed by atoms with van der Waals surface area (Å²) in [6, 6.07) is 0.654. The van der Waals surface area contributed by atoms with Crippen LogP contribution in [0.5, 0.6) is 0 Å². The van der Waals surface area contributed by atoms with Crippen LogP contribution in [0.25, 0.3) is 0 Å². The summed E-state index contributed by atoms with van der Waals surface area (Å²) in [5.74, 6) is 0. The maximum absolute atomic E-state index is 5.29. The maximum Gasteiger partial charge on any atom is 0.0594 e. The minimum atomic E-state index is 0. The van der Waals surface area contributed by atoms with E-state index >= 15 is 0 Å². The van der Waals surface area contributed by atoms with Crippen LogP contribution in [0, 0.1) is 0 Å². The average Bonchev–Trinajstić information content (AvgIpc) is 2.19. The summed E-state index contributed by atoms with van der Waals surface area (Å²) in [5.41, 5.74) is 0. The van der Waals surface area contributed by atoms with E-state index in [-0.39, 0.29) is 1.43 Å². The van der Waals surface area contributed by atoms with E-state index in [0.29, 0.717) is 6.04 Å². The topological polar surface area (TPSA) is 24.5 Å². The second-order valence-corrected chi connectivity index (χ2v) is 3.72. The average molecular weight is 188 g/mol. The summed E-state index contributed by atoms with van der Waals surface area (Å²) in [6.45, 7) is 10.7. The molecular formula is C10H24N2O. The van der Waals surface area contributed by atoms with Gasteiger partial charge in [0.25, 0.3) is 0 Å². The van der Waals surface area contributed by atoms with Gasteiger partial charge in [0.15, 0.2) is 0 Å². The molecule has 3 heteroatoms. The number of rotatable bonds is 5. The molecular weight excluding hydrogens is 164 g/mol. The van der Waals surface area contributed by atoms with E-state index in [2.05, 4.69) is 24.1 Å². The first-order valence-electron chi connectivity index (χ1n) is 5.36. The summed E-state index contributed by atoms with van der Waals surface area (Å²) in [4.78, 5) is 2.46. The fourth-order valence-corrected chi connectivity index (χ4v) is 1.44. The van der Waals surface area contributed by atoms with Crippen molar-refractivity contribution in [3.63, 3.8) is 0 Å². The fraction of sp³-hybridized carbons (Fsp3) is 1.00. The Morgan fingerprint density at radius 3 is 2.77 bits per heavy atom. The van der Waals surface area contributed by atoms with Gasteiger partial charge < -0.3 is 10.1 Å². The van der Waals surface area contributed by atoms with Crippen LogP contribution >= 0.6 is 0 Å². The molecule has 0 saturated carbocycles. The minimum Gasteiger partial charge on any atom is -0.379 e. The Hall–Kier alpha value is -0.120. The lowest BCUT2D eigenvalue weighted by molar-refractivity contribution is 0.0382. The molecule has 1 aliphatic heterocycles. The first-order valence-corrected chi connectivity index (χ1v) is 5.36. The Labute approximate surface area is 82.9 Å². The van der Waals surface area contributed by atoms with Crippen LogP contribution in [0.2, 0.25) is 0 Å². The van der Waals surface area contributed by atoms with Crippen molar-refractivity contribution in [1.29, 1.82) is 0 Å². The van der Waals surface area contributed by atoms with Crippen molar-refractivity contribution in [2.24, 2.45) is 0 Å². The zero-order valence-corrected chi connectivity index (χ0v) is 8.88. The molecule has 1 saturated heterocycles. The molecule has 1 heterocycles. The van der Waals surface area contributed by atoms with Crippen LogP contribution in [0.1, 0.15) is 21.7 Å². The Morgan fingerprint density at radius 2 is 2.15 bits per heavy atom. The first kappa shape index (κ1) is 11.0. The highest BCUT2D eigenvalue weighted by atomic mass is 16.5. The highest BCUT2D eigenvalue weighted by Gasteiger charge is 2.09. The zero-order chi connectivity index (χ0) is 9.52. The summed E-state index contributed by atoms with van der Waals surface area (Å²) >= 11 is 0. The van der Waals surface area contributed by atoms with Gasteiger partial charge in [-0.2, -0.15) is 0 Å². The third kappa shape index (κ3) is 4.60. The number of ether oxygens (including phenoxy) is 1. The molecule has 1 N–H and O–H groups in total. The second-order valence-electron chi connectivity index (χ2n) is 3.72.